The van der Waals surface area contributed by atoms with E-state index in [1.807, 2.05) is 0 Å². The Balaban J connectivity index is 2.30. The van der Waals surface area contributed by atoms with E-state index in [0.29, 0.717) is 11.1 Å². The van der Waals surface area contributed by atoms with Crippen molar-refractivity contribution in [2.75, 3.05) is 6.61 Å². The van der Waals surface area contributed by atoms with E-state index in [1.54, 1.807) is 48.2 Å². The molecule has 0 saturated carbocycles. The van der Waals surface area contributed by atoms with E-state index >= 15 is 0 Å². The van der Waals surface area contributed by atoms with Crippen molar-refractivity contribution in [3.05, 3.63) is 58.2 Å². The van der Waals surface area contributed by atoms with Crippen molar-refractivity contribution in [2.45, 2.75) is 31.8 Å². The molecule has 3 rings (SSSR count). The normalized spacial score (nSPS) is 27.6. The van der Waals surface area contributed by atoms with Gasteiger partial charge in [0.15, 0.2) is 11.2 Å². The summed E-state index contributed by atoms with van der Waals surface area (Å²) in [6.07, 6.45) is 4.67. The maximum Gasteiger partial charge on any atom is 0.329 e. The predicted octanol–water partition coefficient (Wildman–Crippen LogP) is 2.19. The van der Waals surface area contributed by atoms with Gasteiger partial charge >= 0.3 is 5.97 Å². The van der Waals surface area contributed by atoms with Crippen molar-refractivity contribution < 1.29 is 19.1 Å². The van der Waals surface area contributed by atoms with Crippen molar-refractivity contribution >= 4 is 33.6 Å². The number of nitrogens with two attached hydrogens (primary N) is 1. The second-order valence-corrected chi connectivity index (χ2v) is 7.89. The Morgan fingerprint density at radius 3 is 2.66 bits per heavy atom. The van der Waals surface area contributed by atoms with Crippen LogP contribution in [0.4, 0.5) is 0 Å². The summed E-state index contributed by atoms with van der Waals surface area (Å²) in [5.41, 5.74) is 4.99. The first-order valence-electron chi connectivity index (χ1n) is 9.09. The molecule has 0 aliphatic carbocycles. The maximum atomic E-state index is 13.1. The summed E-state index contributed by atoms with van der Waals surface area (Å²) >= 11 is 3.40. The number of rotatable bonds is 5. The minimum atomic E-state index is -1.72. The molecule has 2 aliphatic heterocycles. The number of nitrogens with zero attached hydrogens (tertiary/aromatic N) is 2. The van der Waals surface area contributed by atoms with E-state index in [1.165, 1.54) is 13.1 Å². The van der Waals surface area contributed by atoms with E-state index in [9.17, 15) is 19.6 Å². The van der Waals surface area contributed by atoms with Gasteiger partial charge in [0.05, 0.1) is 18.7 Å². The van der Waals surface area contributed by atoms with Gasteiger partial charge in [-0.2, -0.15) is 5.26 Å². The lowest BCUT2D eigenvalue weighted by Crippen LogP contribution is -2.45. The van der Waals surface area contributed by atoms with Crippen molar-refractivity contribution in [2.24, 2.45) is 11.1 Å². The minimum Gasteiger partial charge on any atom is -0.465 e. The van der Waals surface area contributed by atoms with Gasteiger partial charge in [-0.25, -0.2) is 0 Å². The number of primary amides is 1. The molecule has 4 atom stereocenters. The minimum absolute atomic E-state index is 0.0830. The zero-order chi connectivity index (χ0) is 21.3. The van der Waals surface area contributed by atoms with Gasteiger partial charge < -0.3 is 15.4 Å². The van der Waals surface area contributed by atoms with Gasteiger partial charge in [0.1, 0.15) is 6.04 Å². The molecule has 7 nitrogen and oxygen atoms in total. The summed E-state index contributed by atoms with van der Waals surface area (Å²) in [5.74, 6) is -2.52. The second-order valence-electron chi connectivity index (χ2n) is 6.97. The highest BCUT2D eigenvalue weighted by molar-refractivity contribution is 9.10. The Kier molecular flexibility index (Phi) is 5.62. The third kappa shape index (κ3) is 3.25. The van der Waals surface area contributed by atoms with Gasteiger partial charge in [-0.05, 0) is 31.5 Å². The summed E-state index contributed by atoms with van der Waals surface area (Å²) in [6.45, 7) is 3.14. The molecule has 1 amide bonds. The number of ketones is 1. The van der Waals surface area contributed by atoms with Crippen LogP contribution in [0.1, 0.15) is 25.3 Å². The van der Waals surface area contributed by atoms with E-state index in [2.05, 4.69) is 22.0 Å². The number of amides is 1. The molecule has 0 aromatic heterocycles. The first kappa shape index (κ1) is 20.8. The van der Waals surface area contributed by atoms with Crippen LogP contribution in [0, 0.1) is 16.7 Å². The molecular weight excluding hydrogens is 438 g/mol. The first-order valence-corrected chi connectivity index (χ1v) is 9.88. The maximum absolute atomic E-state index is 13.1. The number of esters is 1. The summed E-state index contributed by atoms with van der Waals surface area (Å²) < 4.78 is 6.01. The zero-order valence-electron chi connectivity index (χ0n) is 16.0. The van der Waals surface area contributed by atoms with E-state index in [0.717, 1.165) is 4.47 Å². The average Bonchev–Trinajstić information content (AvgIpc) is 2.99. The second kappa shape index (κ2) is 7.84. The zero-order valence-corrected chi connectivity index (χ0v) is 17.5. The molecule has 2 heterocycles. The third-order valence-electron chi connectivity index (χ3n) is 5.37. The summed E-state index contributed by atoms with van der Waals surface area (Å²) in [4.78, 5) is 39.2. The summed E-state index contributed by atoms with van der Waals surface area (Å²) in [5, 5.41) is 10.3. The molecule has 1 aromatic carbocycles. The molecule has 8 heteroatoms. The number of allylic oxidation sites excluding steroid dienone is 2. The molecule has 150 valence electrons. The number of fused-ring (bicyclic) bond motifs is 1. The third-order valence-corrected chi connectivity index (χ3v) is 5.86. The van der Waals surface area contributed by atoms with Gasteiger partial charge in [0.25, 0.3) is 0 Å². The number of halogens is 1. The van der Waals surface area contributed by atoms with E-state index < -0.39 is 35.3 Å². The Labute approximate surface area is 176 Å². The largest absolute Gasteiger partial charge is 0.465 e. The van der Waals surface area contributed by atoms with E-state index in [4.69, 9.17) is 10.5 Å². The Morgan fingerprint density at radius 2 is 2.10 bits per heavy atom. The number of hydrogen-bond donors (Lipinski definition) is 1. The molecule has 0 spiro atoms. The van der Waals surface area contributed by atoms with Crippen molar-refractivity contribution in [3.8, 4) is 6.07 Å². The fourth-order valence-electron chi connectivity index (χ4n) is 4.17. The molecule has 0 bridgehead atoms. The molecule has 1 fully saturated rings. The SMILES string of the molecule is CCOC(=O)[C@]1(C#N)[C@H](c2cccc(Br)c2)[C@@H](C(N)=O)N2C=C(C(C)=O)C=C[C@@H]21. The Morgan fingerprint density at radius 1 is 1.38 bits per heavy atom. The lowest BCUT2D eigenvalue weighted by molar-refractivity contribution is -0.153. The molecule has 1 aromatic rings. The van der Waals surface area contributed by atoms with Crippen LogP contribution in [-0.4, -0.2) is 41.3 Å². The van der Waals surface area contributed by atoms with Crippen LogP contribution in [0.25, 0.3) is 0 Å². The lowest BCUT2D eigenvalue weighted by atomic mass is 9.68. The van der Waals surface area contributed by atoms with Crippen molar-refractivity contribution in [1.29, 1.82) is 5.26 Å². The van der Waals surface area contributed by atoms with Crippen LogP contribution in [0.2, 0.25) is 0 Å². The lowest BCUT2D eigenvalue weighted by Gasteiger charge is -2.32. The molecule has 2 aliphatic rings. The van der Waals surface area contributed by atoms with Crippen molar-refractivity contribution in [3.63, 3.8) is 0 Å². The summed E-state index contributed by atoms with van der Waals surface area (Å²) in [6, 6.07) is 7.39. The van der Waals surface area contributed by atoms with Crippen LogP contribution < -0.4 is 5.73 Å². The fraction of sp³-hybridized carbons (Fsp3) is 0.333. The van der Waals surface area contributed by atoms with Crippen LogP contribution in [0.3, 0.4) is 0 Å². The fourth-order valence-corrected chi connectivity index (χ4v) is 4.58. The molecule has 0 radical (unpaired) electrons. The number of nitriles is 1. The molecule has 1 saturated heterocycles. The number of carbonyl (C=O) groups is 3. The summed E-state index contributed by atoms with van der Waals surface area (Å²) in [7, 11) is 0. The Hall–Kier alpha value is -2.92. The van der Waals surface area contributed by atoms with Gasteiger partial charge in [0.2, 0.25) is 5.91 Å². The van der Waals surface area contributed by atoms with Gasteiger partial charge in [-0.1, -0.05) is 40.2 Å². The Bertz CT molecular complexity index is 980. The standard InChI is InChI=1S/C21H20BrN3O4/c1-3-29-20(28)21(11-23)16-8-7-14(12(2)26)10-25(16)18(19(24)27)17(21)13-5-4-6-15(22)9-13/h4-10,16-18H,3H2,1-2H3,(H2,24,27)/t16-,17-,18+,21+/m1/s1. The quantitative estimate of drug-likeness (QED) is 0.677. The average molecular weight is 458 g/mol. The van der Waals surface area contributed by atoms with Gasteiger partial charge in [-0.15, -0.1) is 0 Å². The monoisotopic (exact) mass is 457 g/mol. The molecule has 2 N–H and O–H groups in total. The first-order chi connectivity index (χ1) is 13.8. The molecule has 29 heavy (non-hydrogen) atoms. The van der Waals surface area contributed by atoms with Crippen LogP contribution in [0.15, 0.2) is 52.7 Å². The number of Topliss-reactive ketones (excluding diaryl/α,β-unsaturated/α-hetero) is 1. The molecule has 0 unspecified atom stereocenters. The van der Waals surface area contributed by atoms with E-state index in [-0.39, 0.29) is 12.4 Å². The van der Waals surface area contributed by atoms with Crippen LogP contribution in [-0.2, 0) is 19.1 Å². The van der Waals surface area contributed by atoms with Crippen LogP contribution >= 0.6 is 15.9 Å². The van der Waals surface area contributed by atoms with Gasteiger partial charge in [0, 0.05) is 22.2 Å². The number of benzene rings is 1. The highest BCUT2D eigenvalue weighted by Gasteiger charge is 2.66. The number of hydrogen-bond acceptors (Lipinski definition) is 6. The van der Waals surface area contributed by atoms with Crippen molar-refractivity contribution in [1.82, 2.24) is 4.90 Å². The smallest absolute Gasteiger partial charge is 0.329 e. The number of carbonyl (C=O) groups excluding carboxylic acids is 3. The molecular formula is C21H20BrN3O4. The highest BCUT2D eigenvalue weighted by atomic mass is 79.9. The van der Waals surface area contributed by atoms with Crippen LogP contribution in [0.5, 0.6) is 0 Å². The number of ether oxygens (including phenoxy) is 1. The van der Waals surface area contributed by atoms with Gasteiger partial charge in [-0.3, -0.25) is 14.4 Å². The topological polar surface area (TPSA) is 113 Å². The predicted molar refractivity (Wildman–Crippen MR) is 108 cm³/mol. The highest BCUT2D eigenvalue weighted by Crippen LogP contribution is 2.53.